The molecule has 0 rings (SSSR count). The molecule has 0 spiro atoms. The van der Waals surface area contributed by atoms with Crippen LogP contribution in [0.5, 0.6) is 0 Å². The lowest BCUT2D eigenvalue weighted by Gasteiger charge is -1.96. The normalized spacial score (nSPS) is 11.3. The van der Waals surface area contributed by atoms with Gasteiger partial charge in [0.15, 0.2) is 0 Å². The van der Waals surface area contributed by atoms with Crippen LogP contribution in [0.15, 0.2) is 0 Å². The van der Waals surface area contributed by atoms with Gasteiger partial charge in [-0.2, -0.15) is 0 Å². The number of carboxylic acids is 1. The highest BCUT2D eigenvalue weighted by molar-refractivity contribution is 5.67. The predicted molar refractivity (Wildman–Crippen MR) is 39.8 cm³/mol. The topological polar surface area (TPSA) is 104 Å². The van der Waals surface area contributed by atoms with E-state index < -0.39 is 18.8 Å². The number of hydrogen-bond acceptors (Lipinski definition) is 4. The Labute approximate surface area is 65.5 Å². The van der Waals surface area contributed by atoms with Crippen molar-refractivity contribution < 1.29 is 20.1 Å². The van der Waals surface area contributed by atoms with Crippen molar-refractivity contribution in [1.29, 1.82) is 0 Å². The van der Waals surface area contributed by atoms with Crippen LogP contribution < -0.4 is 5.73 Å². The van der Waals surface area contributed by atoms with Crippen molar-refractivity contribution >= 4 is 5.97 Å². The first-order chi connectivity index (χ1) is 5.04. The molecule has 68 valence electrons. The van der Waals surface area contributed by atoms with Crippen molar-refractivity contribution in [2.24, 2.45) is 5.73 Å². The molecule has 0 aliphatic rings. The van der Waals surface area contributed by atoms with Crippen molar-refractivity contribution in [3.8, 4) is 0 Å². The number of carboxylic acid groups (broad SMARTS) is 1. The summed E-state index contributed by atoms with van der Waals surface area (Å²) in [6.45, 7) is 1.20. The zero-order chi connectivity index (χ0) is 9.28. The molecule has 0 aliphatic carbocycles. The fraction of sp³-hybridized carbons (Fsp3) is 0.833. The van der Waals surface area contributed by atoms with Crippen LogP contribution in [0.3, 0.4) is 0 Å². The molecular weight excluding hydrogens is 150 g/mol. The average Bonchev–Trinajstić information content (AvgIpc) is 1.89. The van der Waals surface area contributed by atoms with Crippen LogP contribution in [-0.2, 0) is 4.79 Å². The molecular formula is C6H15NO4. The maximum absolute atomic E-state index is 9.12. The first-order valence-electron chi connectivity index (χ1n) is 3.30. The first-order valence-corrected chi connectivity index (χ1v) is 3.30. The molecule has 5 nitrogen and oxygen atoms in total. The third-order valence-corrected chi connectivity index (χ3v) is 0.720. The molecule has 1 unspecified atom stereocenters. The Bertz CT molecular complexity index is 94.6. The number of aliphatic hydroxyl groups excluding tert-OH is 2. The van der Waals surface area contributed by atoms with Gasteiger partial charge in [0.1, 0.15) is 12.8 Å². The molecule has 0 saturated heterocycles. The summed E-state index contributed by atoms with van der Waals surface area (Å²) in [5.41, 5.74) is 4.96. The molecule has 11 heavy (non-hydrogen) atoms. The second-order valence-electron chi connectivity index (χ2n) is 1.91. The van der Waals surface area contributed by atoms with Crippen LogP contribution in [0.4, 0.5) is 0 Å². The number of nitrogens with two attached hydrogens (primary N) is 1. The molecule has 0 saturated carbocycles. The highest BCUT2D eigenvalue weighted by Crippen LogP contribution is 1.85. The van der Waals surface area contributed by atoms with Crippen LogP contribution in [0, 0.1) is 0 Å². The molecule has 0 amide bonds. The molecule has 5 N–H and O–H groups in total. The third-order valence-electron chi connectivity index (χ3n) is 0.720. The first kappa shape index (κ1) is 13.0. The van der Waals surface area contributed by atoms with E-state index in [1.807, 2.05) is 6.92 Å². The molecule has 0 aromatic carbocycles. The van der Waals surface area contributed by atoms with Gasteiger partial charge in [-0.1, -0.05) is 13.3 Å². The fourth-order valence-corrected chi connectivity index (χ4v) is 0.296. The summed E-state index contributed by atoms with van der Waals surface area (Å²) in [6, 6.07) is 0. The van der Waals surface area contributed by atoms with Gasteiger partial charge in [0, 0.05) is 0 Å². The minimum absolute atomic E-state index is 0.602. The highest BCUT2D eigenvalue weighted by Gasteiger charge is 1.87. The maximum Gasteiger partial charge on any atom is 0.329 e. The largest absolute Gasteiger partial charge is 0.480 e. The molecule has 0 aromatic rings. The van der Waals surface area contributed by atoms with Crippen LogP contribution >= 0.6 is 0 Å². The van der Waals surface area contributed by atoms with Crippen LogP contribution in [0.1, 0.15) is 19.8 Å². The van der Waals surface area contributed by atoms with E-state index in [4.69, 9.17) is 25.8 Å². The van der Waals surface area contributed by atoms with Gasteiger partial charge in [0.25, 0.3) is 0 Å². The van der Waals surface area contributed by atoms with E-state index in [0.717, 1.165) is 6.42 Å². The Morgan fingerprint density at radius 3 is 2.00 bits per heavy atom. The second kappa shape index (κ2) is 9.35. The van der Waals surface area contributed by atoms with Gasteiger partial charge in [0.2, 0.25) is 0 Å². The van der Waals surface area contributed by atoms with Gasteiger partial charge in [-0.15, -0.1) is 0 Å². The number of aliphatic carboxylic acids is 1. The van der Waals surface area contributed by atoms with Crippen LogP contribution in [0.2, 0.25) is 0 Å². The summed E-state index contributed by atoms with van der Waals surface area (Å²) < 4.78 is 0. The van der Waals surface area contributed by atoms with Crippen molar-refractivity contribution in [1.82, 2.24) is 0 Å². The SMILES string of the molecule is CCCC(N)O.O=C(O)CO. The minimum atomic E-state index is -1.19. The Morgan fingerprint density at radius 1 is 1.64 bits per heavy atom. The van der Waals surface area contributed by atoms with Gasteiger partial charge in [-0.3, -0.25) is 0 Å². The predicted octanol–water partition coefficient (Wildman–Crippen LogP) is -0.873. The minimum Gasteiger partial charge on any atom is -0.480 e. The molecule has 0 bridgehead atoms. The lowest BCUT2D eigenvalue weighted by atomic mass is 10.3. The zero-order valence-electron chi connectivity index (χ0n) is 6.53. The maximum atomic E-state index is 9.12. The van der Waals surface area contributed by atoms with E-state index >= 15 is 0 Å². The van der Waals surface area contributed by atoms with E-state index in [1.165, 1.54) is 0 Å². The third kappa shape index (κ3) is 26.7. The molecule has 0 aromatic heterocycles. The van der Waals surface area contributed by atoms with Crippen molar-refractivity contribution in [2.45, 2.75) is 26.0 Å². The lowest BCUT2D eigenvalue weighted by Crippen LogP contribution is -2.17. The quantitative estimate of drug-likeness (QED) is 0.407. The van der Waals surface area contributed by atoms with E-state index in [1.54, 1.807) is 0 Å². The summed E-state index contributed by atoms with van der Waals surface area (Å²) in [6.07, 6.45) is 1.06. The van der Waals surface area contributed by atoms with Gasteiger partial charge >= 0.3 is 5.97 Å². The second-order valence-corrected chi connectivity index (χ2v) is 1.91. The van der Waals surface area contributed by atoms with E-state index in [0.29, 0.717) is 6.42 Å². The van der Waals surface area contributed by atoms with Gasteiger partial charge in [-0.05, 0) is 6.42 Å². The molecule has 0 aliphatic heterocycles. The number of hydrogen-bond donors (Lipinski definition) is 4. The summed E-state index contributed by atoms with van der Waals surface area (Å²) in [4.78, 5) is 9.12. The van der Waals surface area contributed by atoms with Gasteiger partial charge in [0.05, 0.1) is 0 Å². The fourth-order valence-electron chi connectivity index (χ4n) is 0.296. The Hall–Kier alpha value is -0.650. The Kier molecular flexibility index (Phi) is 11.0. The van der Waals surface area contributed by atoms with Crippen LogP contribution in [0.25, 0.3) is 0 Å². The van der Waals surface area contributed by atoms with Gasteiger partial charge < -0.3 is 21.1 Å². The summed E-state index contributed by atoms with van der Waals surface area (Å²) >= 11 is 0. The standard InChI is InChI=1S/C4H11NO.C2H4O3/c1-2-3-4(5)6;3-1-2(4)5/h4,6H,2-3,5H2,1H3;3H,1H2,(H,4,5). The summed E-state index contributed by atoms with van der Waals surface area (Å²) in [5, 5.41) is 23.3. The average molecular weight is 165 g/mol. The number of carbonyl (C=O) groups is 1. The van der Waals surface area contributed by atoms with E-state index in [-0.39, 0.29) is 0 Å². The van der Waals surface area contributed by atoms with E-state index in [9.17, 15) is 0 Å². The monoisotopic (exact) mass is 165 g/mol. The highest BCUT2D eigenvalue weighted by atomic mass is 16.4. The Morgan fingerprint density at radius 2 is 2.00 bits per heavy atom. The Balaban J connectivity index is 0. The number of rotatable bonds is 3. The van der Waals surface area contributed by atoms with Crippen molar-refractivity contribution in [2.75, 3.05) is 6.61 Å². The van der Waals surface area contributed by atoms with E-state index in [2.05, 4.69) is 0 Å². The molecule has 0 heterocycles. The molecule has 0 fully saturated rings. The van der Waals surface area contributed by atoms with Crippen LogP contribution in [-0.4, -0.2) is 34.1 Å². The van der Waals surface area contributed by atoms with Crippen molar-refractivity contribution in [3.63, 3.8) is 0 Å². The summed E-state index contributed by atoms with van der Waals surface area (Å²) in [7, 11) is 0. The molecule has 5 heteroatoms. The van der Waals surface area contributed by atoms with Crippen molar-refractivity contribution in [3.05, 3.63) is 0 Å². The molecule has 1 atom stereocenters. The lowest BCUT2D eigenvalue weighted by molar-refractivity contribution is -0.140. The zero-order valence-corrected chi connectivity index (χ0v) is 6.53. The molecule has 0 radical (unpaired) electrons. The smallest absolute Gasteiger partial charge is 0.329 e. The number of aliphatic hydroxyl groups is 2. The summed E-state index contributed by atoms with van der Waals surface area (Å²) in [5.74, 6) is -1.19. The van der Waals surface area contributed by atoms with Gasteiger partial charge in [-0.25, -0.2) is 4.79 Å².